The molecule has 27 heavy (non-hydrogen) atoms. The first-order valence-electron chi connectivity index (χ1n) is 9.12. The largest absolute Gasteiger partial charge is 0.489 e. The van der Waals surface area contributed by atoms with E-state index in [4.69, 9.17) is 9.47 Å². The first-order valence-corrected chi connectivity index (χ1v) is 9.12. The average molecular weight is 362 g/mol. The van der Waals surface area contributed by atoms with Gasteiger partial charge in [-0.05, 0) is 54.2 Å². The monoisotopic (exact) mass is 362 g/mol. The highest BCUT2D eigenvalue weighted by atomic mass is 16.5. The van der Waals surface area contributed by atoms with Crippen LogP contribution >= 0.6 is 0 Å². The van der Waals surface area contributed by atoms with Crippen molar-refractivity contribution in [2.24, 2.45) is 0 Å². The molecule has 3 heteroatoms. The SMILES string of the molecule is C=C(C)COc1ccc2c(c1C)O/C(=C\c1ccc(C(C)(C)C)cc1)C2=O. The smallest absolute Gasteiger partial charge is 0.231 e. The highest BCUT2D eigenvalue weighted by molar-refractivity contribution is 6.14. The Balaban J connectivity index is 1.87. The van der Waals surface area contributed by atoms with Crippen molar-refractivity contribution in [2.45, 2.75) is 40.0 Å². The maximum absolute atomic E-state index is 12.7. The van der Waals surface area contributed by atoms with Crippen LogP contribution in [0.2, 0.25) is 0 Å². The number of rotatable bonds is 4. The topological polar surface area (TPSA) is 35.5 Å². The Hall–Kier alpha value is -2.81. The van der Waals surface area contributed by atoms with E-state index in [-0.39, 0.29) is 11.2 Å². The molecule has 0 saturated heterocycles. The molecule has 0 fully saturated rings. The van der Waals surface area contributed by atoms with Crippen molar-refractivity contribution in [3.05, 3.63) is 76.6 Å². The molecule has 0 spiro atoms. The molecule has 140 valence electrons. The van der Waals surface area contributed by atoms with E-state index in [0.29, 0.717) is 29.4 Å². The maximum Gasteiger partial charge on any atom is 0.231 e. The number of ketones is 1. The quantitative estimate of drug-likeness (QED) is 0.504. The van der Waals surface area contributed by atoms with Crippen molar-refractivity contribution >= 4 is 11.9 Å². The lowest BCUT2D eigenvalue weighted by atomic mass is 9.86. The minimum atomic E-state index is -0.0977. The van der Waals surface area contributed by atoms with Gasteiger partial charge in [0.1, 0.15) is 18.1 Å². The van der Waals surface area contributed by atoms with E-state index in [2.05, 4.69) is 39.5 Å². The van der Waals surface area contributed by atoms with Crippen LogP contribution in [-0.2, 0) is 5.41 Å². The van der Waals surface area contributed by atoms with Crippen molar-refractivity contribution < 1.29 is 14.3 Å². The summed E-state index contributed by atoms with van der Waals surface area (Å²) in [4.78, 5) is 12.7. The number of benzene rings is 2. The fourth-order valence-electron chi connectivity index (χ4n) is 2.96. The average Bonchev–Trinajstić information content (AvgIpc) is 2.91. The van der Waals surface area contributed by atoms with Crippen molar-refractivity contribution in [3.63, 3.8) is 0 Å². The molecule has 0 unspecified atom stereocenters. The number of carbonyl (C=O) groups is 1. The molecule has 0 aliphatic carbocycles. The Morgan fingerprint density at radius 3 is 2.41 bits per heavy atom. The van der Waals surface area contributed by atoms with Gasteiger partial charge in [-0.2, -0.15) is 0 Å². The summed E-state index contributed by atoms with van der Waals surface area (Å²) in [6.45, 7) is 14.6. The predicted molar refractivity (Wildman–Crippen MR) is 110 cm³/mol. The van der Waals surface area contributed by atoms with E-state index < -0.39 is 0 Å². The molecule has 3 rings (SSSR count). The Labute approximate surface area is 161 Å². The summed E-state index contributed by atoms with van der Waals surface area (Å²) >= 11 is 0. The lowest BCUT2D eigenvalue weighted by Crippen LogP contribution is -2.10. The van der Waals surface area contributed by atoms with Crippen LogP contribution in [0, 0.1) is 6.92 Å². The van der Waals surface area contributed by atoms with Crippen molar-refractivity contribution in [1.29, 1.82) is 0 Å². The van der Waals surface area contributed by atoms with Gasteiger partial charge in [0, 0.05) is 5.56 Å². The second kappa shape index (κ2) is 7.07. The molecule has 0 aromatic heterocycles. The number of hydrogen-bond donors (Lipinski definition) is 0. The van der Waals surface area contributed by atoms with Gasteiger partial charge in [0.25, 0.3) is 0 Å². The van der Waals surface area contributed by atoms with Gasteiger partial charge in [0.15, 0.2) is 5.76 Å². The lowest BCUT2D eigenvalue weighted by molar-refractivity contribution is 0.101. The van der Waals surface area contributed by atoms with E-state index >= 15 is 0 Å². The molecule has 3 nitrogen and oxygen atoms in total. The number of allylic oxidation sites excluding steroid dienone is 1. The molecule has 1 heterocycles. The number of carbonyl (C=O) groups excluding carboxylic acids is 1. The third kappa shape index (κ3) is 3.97. The molecule has 0 saturated carbocycles. The zero-order valence-electron chi connectivity index (χ0n) is 16.7. The summed E-state index contributed by atoms with van der Waals surface area (Å²) in [5, 5.41) is 0. The van der Waals surface area contributed by atoms with Gasteiger partial charge in [-0.25, -0.2) is 0 Å². The summed E-state index contributed by atoms with van der Waals surface area (Å²) in [5.74, 6) is 1.53. The minimum Gasteiger partial charge on any atom is -0.489 e. The van der Waals surface area contributed by atoms with E-state index in [0.717, 1.165) is 16.7 Å². The van der Waals surface area contributed by atoms with E-state index in [1.807, 2.05) is 32.0 Å². The summed E-state index contributed by atoms with van der Waals surface area (Å²) in [5.41, 5.74) is 4.63. The molecule has 0 bridgehead atoms. The van der Waals surface area contributed by atoms with Gasteiger partial charge in [-0.15, -0.1) is 0 Å². The fraction of sp³-hybridized carbons (Fsp3) is 0.292. The number of ether oxygens (including phenoxy) is 2. The number of Topliss-reactive ketones (excluding diaryl/α,β-unsaturated/α-hetero) is 1. The van der Waals surface area contributed by atoms with Crippen molar-refractivity contribution in [3.8, 4) is 11.5 Å². The van der Waals surface area contributed by atoms with Crippen LogP contribution in [0.25, 0.3) is 6.08 Å². The zero-order valence-corrected chi connectivity index (χ0v) is 16.7. The van der Waals surface area contributed by atoms with Crippen LogP contribution in [0.15, 0.2) is 54.3 Å². The van der Waals surface area contributed by atoms with Crippen molar-refractivity contribution in [1.82, 2.24) is 0 Å². The zero-order chi connectivity index (χ0) is 19.8. The van der Waals surface area contributed by atoms with Gasteiger partial charge in [0.2, 0.25) is 5.78 Å². The van der Waals surface area contributed by atoms with Gasteiger partial charge in [0.05, 0.1) is 5.56 Å². The molecule has 0 amide bonds. The summed E-state index contributed by atoms with van der Waals surface area (Å²) in [6, 6.07) is 11.8. The Morgan fingerprint density at radius 2 is 1.81 bits per heavy atom. The third-order valence-electron chi connectivity index (χ3n) is 4.59. The van der Waals surface area contributed by atoms with Crippen LogP contribution in [0.4, 0.5) is 0 Å². The van der Waals surface area contributed by atoms with Crippen LogP contribution in [0.1, 0.15) is 54.7 Å². The third-order valence-corrected chi connectivity index (χ3v) is 4.59. The molecule has 0 N–H and O–H groups in total. The molecule has 2 aromatic carbocycles. The normalized spacial score (nSPS) is 14.9. The number of hydrogen-bond acceptors (Lipinski definition) is 3. The molecule has 1 aliphatic heterocycles. The predicted octanol–water partition coefficient (Wildman–Crippen LogP) is 5.86. The lowest BCUT2D eigenvalue weighted by Gasteiger charge is -2.18. The van der Waals surface area contributed by atoms with Gasteiger partial charge < -0.3 is 9.47 Å². The first kappa shape index (κ1) is 19.0. The van der Waals surface area contributed by atoms with Crippen LogP contribution < -0.4 is 9.47 Å². The maximum atomic E-state index is 12.7. The van der Waals surface area contributed by atoms with Gasteiger partial charge in [-0.3, -0.25) is 4.79 Å². The molecule has 0 radical (unpaired) electrons. The second-order valence-electron chi connectivity index (χ2n) is 8.12. The van der Waals surface area contributed by atoms with Crippen molar-refractivity contribution in [2.75, 3.05) is 6.61 Å². The molecule has 2 aromatic rings. The van der Waals surface area contributed by atoms with Gasteiger partial charge in [-0.1, -0.05) is 51.6 Å². The van der Waals surface area contributed by atoms with E-state index in [1.54, 1.807) is 12.1 Å². The molecule has 1 aliphatic rings. The van der Waals surface area contributed by atoms with Crippen LogP contribution in [0.5, 0.6) is 11.5 Å². The molecular formula is C24H26O3. The van der Waals surface area contributed by atoms with Crippen LogP contribution in [-0.4, -0.2) is 12.4 Å². The highest BCUT2D eigenvalue weighted by Crippen LogP contribution is 2.39. The van der Waals surface area contributed by atoms with E-state index in [1.165, 1.54) is 5.56 Å². The second-order valence-corrected chi connectivity index (χ2v) is 8.12. The van der Waals surface area contributed by atoms with E-state index in [9.17, 15) is 4.79 Å². The summed E-state index contributed by atoms with van der Waals surface area (Å²) in [7, 11) is 0. The van der Waals surface area contributed by atoms with Crippen LogP contribution in [0.3, 0.4) is 0 Å². The number of fused-ring (bicyclic) bond motifs is 1. The minimum absolute atomic E-state index is 0.0961. The Kier molecular flexibility index (Phi) is 4.97. The molecule has 0 atom stereocenters. The first-order chi connectivity index (χ1) is 12.7. The fourth-order valence-corrected chi connectivity index (χ4v) is 2.96. The standard InChI is InChI=1S/C24H26O3/c1-15(2)14-26-20-12-11-19-22(25)21(27-23(19)16(20)3)13-17-7-9-18(10-8-17)24(4,5)6/h7-13H,1,14H2,2-6H3/b21-13-. The molecular weight excluding hydrogens is 336 g/mol. The summed E-state index contributed by atoms with van der Waals surface area (Å²) in [6.07, 6.45) is 1.79. The Morgan fingerprint density at radius 1 is 1.15 bits per heavy atom. The highest BCUT2D eigenvalue weighted by Gasteiger charge is 2.30. The summed E-state index contributed by atoms with van der Waals surface area (Å²) < 4.78 is 11.7. The Bertz CT molecular complexity index is 925. The van der Waals surface area contributed by atoms with Gasteiger partial charge >= 0.3 is 0 Å².